The highest BCUT2D eigenvalue weighted by Crippen LogP contribution is 2.15. The molecule has 0 bridgehead atoms. The summed E-state index contributed by atoms with van der Waals surface area (Å²) in [5.74, 6) is -0.130. The lowest BCUT2D eigenvalue weighted by Gasteiger charge is -2.23. The van der Waals surface area contributed by atoms with E-state index in [4.69, 9.17) is 5.73 Å². The molecule has 0 spiro atoms. The molecule has 4 heteroatoms. The van der Waals surface area contributed by atoms with Crippen LogP contribution in [0.4, 0.5) is 5.69 Å². The van der Waals surface area contributed by atoms with Crippen LogP contribution in [-0.2, 0) is 11.3 Å². The Balaban J connectivity index is 2.68. The van der Waals surface area contributed by atoms with Gasteiger partial charge in [-0.25, -0.2) is 0 Å². The van der Waals surface area contributed by atoms with Crippen molar-refractivity contribution in [1.29, 1.82) is 0 Å². The van der Waals surface area contributed by atoms with Crippen molar-refractivity contribution in [3.63, 3.8) is 0 Å². The lowest BCUT2D eigenvalue weighted by Crippen LogP contribution is -2.48. The van der Waals surface area contributed by atoms with Gasteiger partial charge in [0, 0.05) is 12.2 Å². The van der Waals surface area contributed by atoms with Crippen LogP contribution in [0, 0.1) is 0 Å². The summed E-state index contributed by atoms with van der Waals surface area (Å²) < 4.78 is 0. The fraction of sp³-hybridized carbons (Fsp3) is 0.533. The fourth-order valence-electron chi connectivity index (χ4n) is 1.94. The molecule has 106 valence electrons. The van der Waals surface area contributed by atoms with Gasteiger partial charge in [0.25, 0.3) is 0 Å². The SMILES string of the molecule is CCCC(C)(N)C(=O)Nc1cccc(CNCC)c1. The molecule has 4 nitrogen and oxygen atoms in total. The average molecular weight is 263 g/mol. The summed E-state index contributed by atoms with van der Waals surface area (Å²) in [5.41, 5.74) is 7.15. The minimum Gasteiger partial charge on any atom is -0.324 e. The van der Waals surface area contributed by atoms with Crippen LogP contribution in [0.1, 0.15) is 39.2 Å². The normalized spacial score (nSPS) is 13.9. The summed E-state index contributed by atoms with van der Waals surface area (Å²) in [6, 6.07) is 7.83. The summed E-state index contributed by atoms with van der Waals surface area (Å²) in [6.07, 6.45) is 1.57. The summed E-state index contributed by atoms with van der Waals surface area (Å²) in [6.45, 7) is 7.59. The van der Waals surface area contributed by atoms with Gasteiger partial charge in [0.1, 0.15) is 0 Å². The predicted octanol–water partition coefficient (Wildman–Crippen LogP) is 2.25. The monoisotopic (exact) mass is 263 g/mol. The topological polar surface area (TPSA) is 67.2 Å². The maximum Gasteiger partial charge on any atom is 0.244 e. The average Bonchev–Trinajstić information content (AvgIpc) is 2.36. The molecule has 4 N–H and O–H groups in total. The molecule has 1 aromatic carbocycles. The van der Waals surface area contributed by atoms with Gasteiger partial charge >= 0.3 is 0 Å². The van der Waals surface area contributed by atoms with Gasteiger partial charge in [-0.15, -0.1) is 0 Å². The largest absolute Gasteiger partial charge is 0.324 e. The number of anilines is 1. The number of hydrogen-bond donors (Lipinski definition) is 3. The molecule has 1 aromatic rings. The summed E-state index contributed by atoms with van der Waals surface area (Å²) in [4.78, 5) is 12.1. The van der Waals surface area contributed by atoms with Crippen molar-refractivity contribution in [3.05, 3.63) is 29.8 Å². The Morgan fingerprint density at radius 2 is 2.11 bits per heavy atom. The molecular weight excluding hydrogens is 238 g/mol. The summed E-state index contributed by atoms with van der Waals surface area (Å²) >= 11 is 0. The van der Waals surface area contributed by atoms with Crippen molar-refractivity contribution in [2.75, 3.05) is 11.9 Å². The van der Waals surface area contributed by atoms with E-state index in [1.165, 1.54) is 0 Å². The highest BCUT2D eigenvalue weighted by Gasteiger charge is 2.27. The van der Waals surface area contributed by atoms with Crippen LogP contribution in [0.3, 0.4) is 0 Å². The molecular formula is C15H25N3O. The molecule has 0 heterocycles. The van der Waals surface area contributed by atoms with Crippen molar-refractivity contribution >= 4 is 11.6 Å². The van der Waals surface area contributed by atoms with Gasteiger partial charge in [-0.1, -0.05) is 32.4 Å². The van der Waals surface area contributed by atoms with Crippen LogP contribution in [-0.4, -0.2) is 18.0 Å². The zero-order valence-corrected chi connectivity index (χ0v) is 12.1. The van der Waals surface area contributed by atoms with Crippen LogP contribution in [0.25, 0.3) is 0 Å². The molecule has 1 unspecified atom stereocenters. The zero-order valence-electron chi connectivity index (χ0n) is 12.1. The first-order valence-electron chi connectivity index (χ1n) is 6.89. The molecule has 19 heavy (non-hydrogen) atoms. The molecule has 1 rings (SSSR count). The van der Waals surface area contributed by atoms with E-state index in [1.807, 2.05) is 31.2 Å². The Morgan fingerprint density at radius 3 is 2.74 bits per heavy atom. The van der Waals surface area contributed by atoms with Crippen molar-refractivity contribution in [2.45, 2.75) is 45.7 Å². The van der Waals surface area contributed by atoms with E-state index in [0.29, 0.717) is 6.42 Å². The van der Waals surface area contributed by atoms with Gasteiger partial charge < -0.3 is 16.4 Å². The van der Waals surface area contributed by atoms with E-state index in [9.17, 15) is 4.79 Å². The summed E-state index contributed by atoms with van der Waals surface area (Å²) in [5, 5.41) is 6.15. The number of nitrogens with one attached hydrogen (secondary N) is 2. The van der Waals surface area contributed by atoms with Crippen LogP contribution in [0.5, 0.6) is 0 Å². The van der Waals surface area contributed by atoms with Gasteiger partial charge in [-0.2, -0.15) is 0 Å². The number of benzene rings is 1. The third kappa shape index (κ3) is 5.01. The second kappa shape index (κ2) is 7.26. The van der Waals surface area contributed by atoms with E-state index < -0.39 is 5.54 Å². The second-order valence-corrected chi connectivity index (χ2v) is 5.10. The molecule has 0 aliphatic rings. The number of rotatable bonds is 7. The quantitative estimate of drug-likeness (QED) is 0.707. The Bertz CT molecular complexity index is 416. The first-order valence-corrected chi connectivity index (χ1v) is 6.89. The van der Waals surface area contributed by atoms with Crippen LogP contribution >= 0.6 is 0 Å². The van der Waals surface area contributed by atoms with Gasteiger partial charge in [-0.3, -0.25) is 4.79 Å². The minimum atomic E-state index is -0.813. The molecule has 1 amide bonds. The van der Waals surface area contributed by atoms with Crippen molar-refractivity contribution in [1.82, 2.24) is 5.32 Å². The molecule has 0 aliphatic heterocycles. The predicted molar refractivity (Wildman–Crippen MR) is 80.0 cm³/mol. The fourth-order valence-corrected chi connectivity index (χ4v) is 1.94. The maximum absolute atomic E-state index is 12.1. The van der Waals surface area contributed by atoms with Gasteiger partial charge in [0.15, 0.2) is 0 Å². The Hall–Kier alpha value is -1.39. The molecule has 0 aliphatic carbocycles. The first kappa shape index (κ1) is 15.7. The van der Waals surface area contributed by atoms with E-state index >= 15 is 0 Å². The number of hydrogen-bond acceptors (Lipinski definition) is 3. The number of carbonyl (C=O) groups excluding carboxylic acids is 1. The Morgan fingerprint density at radius 1 is 1.37 bits per heavy atom. The van der Waals surface area contributed by atoms with E-state index in [2.05, 4.69) is 17.6 Å². The molecule has 1 atom stereocenters. The third-order valence-corrected chi connectivity index (χ3v) is 3.05. The highest BCUT2D eigenvalue weighted by atomic mass is 16.2. The molecule has 0 radical (unpaired) electrons. The lowest BCUT2D eigenvalue weighted by molar-refractivity contribution is -0.120. The van der Waals surface area contributed by atoms with Gasteiger partial charge in [0.05, 0.1) is 5.54 Å². The number of carbonyl (C=O) groups is 1. The molecule has 0 aromatic heterocycles. The standard InChI is InChI=1S/C15H25N3O/c1-4-9-15(3,16)14(19)18-13-8-6-7-12(10-13)11-17-5-2/h6-8,10,17H,4-5,9,11,16H2,1-3H3,(H,18,19). The number of amides is 1. The number of nitrogens with two attached hydrogens (primary N) is 1. The van der Waals surface area contributed by atoms with E-state index in [1.54, 1.807) is 6.92 Å². The van der Waals surface area contributed by atoms with E-state index in [0.717, 1.165) is 30.8 Å². The minimum absolute atomic E-state index is 0.130. The molecule has 0 fully saturated rings. The van der Waals surface area contributed by atoms with Crippen molar-refractivity contribution in [2.24, 2.45) is 5.73 Å². The van der Waals surface area contributed by atoms with E-state index in [-0.39, 0.29) is 5.91 Å². The third-order valence-electron chi connectivity index (χ3n) is 3.05. The lowest BCUT2D eigenvalue weighted by atomic mass is 9.96. The highest BCUT2D eigenvalue weighted by molar-refractivity contribution is 5.97. The molecule has 0 saturated carbocycles. The maximum atomic E-state index is 12.1. The van der Waals surface area contributed by atoms with Crippen molar-refractivity contribution < 1.29 is 4.79 Å². The van der Waals surface area contributed by atoms with Crippen LogP contribution in [0.2, 0.25) is 0 Å². The summed E-state index contributed by atoms with van der Waals surface area (Å²) in [7, 11) is 0. The smallest absolute Gasteiger partial charge is 0.244 e. The van der Waals surface area contributed by atoms with Gasteiger partial charge in [-0.05, 0) is 37.6 Å². The molecule has 0 saturated heterocycles. The van der Waals surface area contributed by atoms with Crippen LogP contribution in [0.15, 0.2) is 24.3 Å². The van der Waals surface area contributed by atoms with Crippen LogP contribution < -0.4 is 16.4 Å². The zero-order chi connectivity index (χ0) is 14.3. The van der Waals surface area contributed by atoms with Gasteiger partial charge in [0.2, 0.25) is 5.91 Å². The van der Waals surface area contributed by atoms with Crippen molar-refractivity contribution in [3.8, 4) is 0 Å². The second-order valence-electron chi connectivity index (χ2n) is 5.10. The first-order chi connectivity index (χ1) is 8.99. The Kier molecular flexibility index (Phi) is 5.99. The Labute approximate surface area is 115 Å².